The van der Waals surface area contributed by atoms with Crippen LogP contribution in [0.5, 0.6) is 0 Å². The summed E-state index contributed by atoms with van der Waals surface area (Å²) in [4.78, 5) is 23.3. The molecule has 142 valence electrons. The molecule has 0 aromatic rings. The van der Waals surface area contributed by atoms with Gasteiger partial charge >= 0.3 is 11.9 Å². The number of aliphatic hydroxyl groups is 2. The monoisotopic (exact) mass is 346 g/mol. The minimum absolute atomic E-state index is 0.0818. The third kappa shape index (κ3) is 10.6. The van der Waals surface area contributed by atoms with Crippen LogP contribution in [0.2, 0.25) is 0 Å². The van der Waals surface area contributed by atoms with E-state index in [1.165, 1.54) is 0 Å². The first-order valence-corrected chi connectivity index (χ1v) is 8.91. The number of unbranched alkanes of at least 4 members (excludes halogenated alkanes) is 3. The summed E-state index contributed by atoms with van der Waals surface area (Å²) in [7, 11) is 0. The Labute approximate surface area is 145 Å². The van der Waals surface area contributed by atoms with Gasteiger partial charge in [0.2, 0.25) is 0 Å². The van der Waals surface area contributed by atoms with Crippen LogP contribution in [0.4, 0.5) is 0 Å². The molecule has 2 atom stereocenters. The van der Waals surface area contributed by atoms with Crippen molar-refractivity contribution in [3.8, 4) is 0 Å². The number of aliphatic hydroxyl groups excluding tert-OH is 2. The van der Waals surface area contributed by atoms with Crippen LogP contribution in [0.25, 0.3) is 0 Å². The van der Waals surface area contributed by atoms with E-state index in [0.29, 0.717) is 12.8 Å². The van der Waals surface area contributed by atoms with Crippen molar-refractivity contribution in [1.29, 1.82) is 0 Å². The minimum Gasteiger partial charge on any atom is -0.463 e. The summed E-state index contributed by atoms with van der Waals surface area (Å²) < 4.78 is 9.93. The summed E-state index contributed by atoms with van der Waals surface area (Å²) in [6.45, 7) is 7.07. The fraction of sp³-hybridized carbons (Fsp3) is 0.889. The Balaban J connectivity index is 3.87. The highest BCUT2D eigenvalue weighted by molar-refractivity contribution is 5.75. The average Bonchev–Trinajstić information content (AvgIpc) is 2.54. The third-order valence-electron chi connectivity index (χ3n) is 4.07. The Morgan fingerprint density at radius 1 is 0.958 bits per heavy atom. The largest absolute Gasteiger partial charge is 0.463 e. The number of carbonyl (C=O) groups is 2. The predicted molar refractivity (Wildman–Crippen MR) is 91.4 cm³/mol. The van der Waals surface area contributed by atoms with Crippen molar-refractivity contribution < 1.29 is 29.3 Å². The third-order valence-corrected chi connectivity index (χ3v) is 4.07. The molecule has 0 aliphatic carbocycles. The predicted octanol–water partition coefficient (Wildman–Crippen LogP) is 2.59. The number of ether oxygens (including phenoxy) is 2. The Bertz CT molecular complexity index is 367. The van der Waals surface area contributed by atoms with Crippen LogP contribution in [0, 0.1) is 5.41 Å². The van der Waals surface area contributed by atoms with E-state index in [0.717, 1.165) is 25.7 Å². The van der Waals surface area contributed by atoms with Gasteiger partial charge in [0.05, 0.1) is 17.9 Å². The van der Waals surface area contributed by atoms with Gasteiger partial charge in [-0.2, -0.15) is 0 Å². The molecule has 2 unspecified atom stereocenters. The minimum atomic E-state index is -1.06. The average molecular weight is 346 g/mol. The van der Waals surface area contributed by atoms with E-state index in [-0.39, 0.29) is 19.6 Å². The number of hydrogen-bond donors (Lipinski definition) is 2. The molecule has 0 rings (SSSR count). The quantitative estimate of drug-likeness (QED) is 0.393. The van der Waals surface area contributed by atoms with E-state index in [2.05, 4.69) is 6.92 Å². The van der Waals surface area contributed by atoms with Gasteiger partial charge in [0.1, 0.15) is 19.3 Å². The lowest BCUT2D eigenvalue weighted by Gasteiger charge is -2.21. The van der Waals surface area contributed by atoms with E-state index < -0.39 is 29.6 Å². The molecule has 0 aliphatic rings. The van der Waals surface area contributed by atoms with Crippen molar-refractivity contribution in [1.82, 2.24) is 0 Å². The molecule has 0 saturated carbocycles. The Morgan fingerprint density at radius 2 is 1.58 bits per heavy atom. The van der Waals surface area contributed by atoms with Gasteiger partial charge in [-0.15, -0.1) is 0 Å². The normalized spacial score (nSPS) is 14.1. The molecule has 0 spiro atoms. The maximum Gasteiger partial charge on any atom is 0.311 e. The zero-order valence-corrected chi connectivity index (χ0v) is 15.5. The molecule has 0 radical (unpaired) electrons. The molecule has 0 bridgehead atoms. The molecule has 6 heteroatoms. The second-order valence-corrected chi connectivity index (χ2v) is 6.88. The van der Waals surface area contributed by atoms with Crippen molar-refractivity contribution in [2.75, 3.05) is 13.2 Å². The second kappa shape index (κ2) is 12.3. The van der Waals surface area contributed by atoms with Gasteiger partial charge in [0.25, 0.3) is 0 Å². The highest BCUT2D eigenvalue weighted by atomic mass is 16.6. The highest BCUT2D eigenvalue weighted by Crippen LogP contribution is 2.21. The molecule has 0 amide bonds. The van der Waals surface area contributed by atoms with Gasteiger partial charge < -0.3 is 19.7 Å². The van der Waals surface area contributed by atoms with Crippen LogP contribution in [-0.4, -0.2) is 47.6 Å². The second-order valence-electron chi connectivity index (χ2n) is 6.88. The SMILES string of the molecule is CCCCCCC(O)CC(=O)OCC(O)COC(=O)C(C)(C)CC. The van der Waals surface area contributed by atoms with E-state index in [4.69, 9.17) is 9.47 Å². The molecule has 0 saturated heterocycles. The molecule has 6 nitrogen and oxygen atoms in total. The van der Waals surface area contributed by atoms with Crippen molar-refractivity contribution in [2.45, 2.75) is 84.8 Å². The van der Waals surface area contributed by atoms with Crippen LogP contribution < -0.4 is 0 Å². The van der Waals surface area contributed by atoms with E-state index in [1.807, 2.05) is 6.92 Å². The lowest BCUT2D eigenvalue weighted by Crippen LogP contribution is -2.31. The summed E-state index contributed by atoms with van der Waals surface area (Å²) in [5.74, 6) is -0.949. The van der Waals surface area contributed by atoms with Crippen LogP contribution in [0.3, 0.4) is 0 Å². The first kappa shape index (κ1) is 22.9. The topological polar surface area (TPSA) is 93.1 Å². The van der Waals surface area contributed by atoms with Crippen molar-refractivity contribution in [2.24, 2.45) is 5.41 Å². The van der Waals surface area contributed by atoms with Crippen molar-refractivity contribution in [3.05, 3.63) is 0 Å². The zero-order valence-electron chi connectivity index (χ0n) is 15.5. The smallest absolute Gasteiger partial charge is 0.311 e. The van der Waals surface area contributed by atoms with E-state index in [1.54, 1.807) is 13.8 Å². The van der Waals surface area contributed by atoms with Gasteiger partial charge in [0.15, 0.2) is 0 Å². The molecule has 0 aromatic carbocycles. The summed E-state index contributed by atoms with van der Waals surface area (Å²) in [5.41, 5.74) is -0.599. The van der Waals surface area contributed by atoms with Gasteiger partial charge in [-0.1, -0.05) is 39.5 Å². The number of hydrogen-bond acceptors (Lipinski definition) is 6. The number of rotatable bonds is 13. The maximum absolute atomic E-state index is 11.8. The lowest BCUT2D eigenvalue weighted by atomic mass is 9.91. The van der Waals surface area contributed by atoms with Gasteiger partial charge in [-0.25, -0.2) is 0 Å². The fourth-order valence-electron chi connectivity index (χ4n) is 1.91. The van der Waals surface area contributed by atoms with Crippen molar-refractivity contribution >= 4 is 11.9 Å². The molecule has 24 heavy (non-hydrogen) atoms. The van der Waals surface area contributed by atoms with Gasteiger partial charge in [-0.3, -0.25) is 9.59 Å². The van der Waals surface area contributed by atoms with Crippen LogP contribution in [-0.2, 0) is 19.1 Å². The first-order chi connectivity index (χ1) is 11.2. The Kier molecular flexibility index (Phi) is 11.7. The zero-order chi connectivity index (χ0) is 18.6. The van der Waals surface area contributed by atoms with Crippen molar-refractivity contribution in [3.63, 3.8) is 0 Å². The molecule has 0 aliphatic heterocycles. The summed E-state index contributed by atoms with van der Waals surface area (Å²) in [6.07, 6.45) is 3.51. The highest BCUT2D eigenvalue weighted by Gasteiger charge is 2.27. The molecule has 0 fully saturated rings. The molecule has 2 N–H and O–H groups in total. The molecule has 0 aromatic heterocycles. The first-order valence-electron chi connectivity index (χ1n) is 8.91. The van der Waals surface area contributed by atoms with Crippen LogP contribution in [0.15, 0.2) is 0 Å². The summed E-state index contributed by atoms with van der Waals surface area (Å²) >= 11 is 0. The molecule has 0 heterocycles. The Morgan fingerprint density at radius 3 is 2.17 bits per heavy atom. The van der Waals surface area contributed by atoms with Crippen LogP contribution >= 0.6 is 0 Å². The lowest BCUT2D eigenvalue weighted by molar-refractivity contribution is -0.160. The maximum atomic E-state index is 11.8. The molecular formula is C18H34O6. The van der Waals surface area contributed by atoms with Crippen LogP contribution in [0.1, 0.15) is 72.6 Å². The number of carbonyl (C=O) groups excluding carboxylic acids is 2. The standard InChI is InChI=1S/C18H34O6/c1-5-7-8-9-10-14(19)11-16(21)23-12-15(20)13-24-17(22)18(3,4)6-2/h14-15,19-20H,5-13H2,1-4H3. The van der Waals surface area contributed by atoms with E-state index in [9.17, 15) is 19.8 Å². The fourth-order valence-corrected chi connectivity index (χ4v) is 1.91. The Hall–Kier alpha value is -1.14. The van der Waals surface area contributed by atoms with Gasteiger partial charge in [0, 0.05) is 0 Å². The summed E-state index contributed by atoms with van der Waals surface area (Å²) in [6, 6.07) is 0. The molecular weight excluding hydrogens is 312 g/mol. The van der Waals surface area contributed by atoms with E-state index >= 15 is 0 Å². The summed E-state index contributed by atoms with van der Waals surface area (Å²) in [5, 5.41) is 19.4. The number of esters is 2. The van der Waals surface area contributed by atoms with Gasteiger partial charge in [-0.05, 0) is 26.7 Å².